The Balaban J connectivity index is 0. The first kappa shape index (κ1) is 119. The molecule has 0 aromatic carbocycles. The van der Waals surface area contributed by atoms with E-state index in [0.717, 1.165) is 0 Å². The van der Waals surface area contributed by atoms with Crippen LogP contribution in [0.25, 0.3) is 0 Å². The van der Waals surface area contributed by atoms with E-state index < -0.39 is 0 Å². The normalized spacial score (nSPS) is 0. The van der Waals surface area contributed by atoms with Gasteiger partial charge in [-0.3, -0.25) is 0 Å². The van der Waals surface area contributed by atoms with Gasteiger partial charge in [-0.15, -0.1) is 0 Å². The zero-order chi connectivity index (χ0) is 0. The summed E-state index contributed by atoms with van der Waals surface area (Å²) in [4.78, 5) is 0. The summed E-state index contributed by atoms with van der Waals surface area (Å²) in [5, 5.41) is 0. The first-order valence-electron chi connectivity index (χ1n) is 0. The molecule has 0 rings (SSSR count). The summed E-state index contributed by atoms with van der Waals surface area (Å²) < 4.78 is 0. The molecule has 5 heavy (non-hydrogen) atoms. The molecule has 0 aliphatic carbocycles. The fourth-order valence-corrected chi connectivity index (χ4v) is 0. The molecule has 5 heteroatoms. The molecule has 2 radical (unpaired) electrons. The van der Waals surface area contributed by atoms with Gasteiger partial charge in [0.25, 0.3) is 0 Å². The largest absolute Gasteiger partial charge is 0.412 e. The van der Waals surface area contributed by atoms with Crippen molar-refractivity contribution in [2.45, 2.75) is 0 Å². The van der Waals surface area contributed by atoms with Gasteiger partial charge < -0.3 is 16.4 Å². The van der Waals surface area contributed by atoms with E-state index in [0.29, 0.717) is 0 Å². The molecule has 0 unspecified atom stereocenters. The van der Waals surface area contributed by atoms with Crippen LogP contribution in [-0.2, 0) is 40.2 Å². The predicted molar refractivity (Wildman–Crippen MR) is 10.8 cm³/mol. The van der Waals surface area contributed by atoms with Crippen molar-refractivity contribution < 1.29 is 56.6 Å². The van der Waals surface area contributed by atoms with Gasteiger partial charge in [0.2, 0.25) is 0 Å². The maximum Gasteiger partial charge on any atom is 0 e. The maximum atomic E-state index is 0. The average molecular weight is 438 g/mol. The molecule has 0 saturated carbocycles. The fourth-order valence-electron chi connectivity index (χ4n) is 0. The van der Waals surface area contributed by atoms with E-state index >= 15 is 0 Å². The summed E-state index contributed by atoms with van der Waals surface area (Å²) in [6.45, 7) is 0. The molecule has 0 aromatic rings. The van der Waals surface area contributed by atoms with Gasteiger partial charge in [0.1, 0.15) is 0 Å². The quantitative estimate of drug-likeness (QED) is 0.401. The minimum Gasteiger partial charge on any atom is -0.412 e. The van der Waals surface area contributed by atoms with Gasteiger partial charge in [0, 0.05) is 40.2 Å². The molecule has 0 aliphatic heterocycles. The van der Waals surface area contributed by atoms with Gasteiger partial charge in [-0.05, 0) is 0 Å². The molecule has 0 fully saturated rings. The first-order chi connectivity index (χ1) is 0. The Bertz CT molecular complexity index is 4.85. The van der Waals surface area contributed by atoms with Crippen molar-refractivity contribution >= 4 is 0 Å². The second-order valence-corrected chi connectivity index (χ2v) is 0. The van der Waals surface area contributed by atoms with Crippen LogP contribution in [-0.4, -0.2) is 16.4 Å². The second-order valence-electron chi connectivity index (χ2n) is 0. The summed E-state index contributed by atoms with van der Waals surface area (Å²) in [5.41, 5.74) is 0. The van der Waals surface area contributed by atoms with E-state index in [1.165, 1.54) is 0 Å². The summed E-state index contributed by atoms with van der Waals surface area (Å²) in [6, 6.07) is 0. The molecule has 0 atom stereocenters. The zero-order valence-electron chi connectivity index (χ0n) is 2.17. The molecule has 0 bridgehead atoms. The molecule has 0 spiro atoms. The van der Waals surface area contributed by atoms with E-state index in [1.807, 2.05) is 0 Å². The molecule has 6 N–H and O–H groups in total. The Labute approximate surface area is 56.8 Å². The Morgan fingerprint density at radius 3 is 0.400 bits per heavy atom. The van der Waals surface area contributed by atoms with Crippen LogP contribution in [0.5, 0.6) is 0 Å². The number of hydrogen-bond acceptors (Lipinski definition) is 0. The van der Waals surface area contributed by atoms with Crippen molar-refractivity contribution in [2.24, 2.45) is 0 Å². The van der Waals surface area contributed by atoms with Gasteiger partial charge in [0.15, 0.2) is 0 Å². The van der Waals surface area contributed by atoms with Crippen LogP contribution in [0.4, 0.5) is 0 Å². The molecule has 0 aliphatic rings. The molecule has 0 heterocycles. The Kier molecular flexibility index (Phi) is 1550. The minimum atomic E-state index is 0. The maximum absolute atomic E-state index is 0. The topological polar surface area (TPSA) is 94.5 Å². The van der Waals surface area contributed by atoms with E-state index in [4.69, 9.17) is 0 Å². The summed E-state index contributed by atoms with van der Waals surface area (Å²) >= 11 is 0. The van der Waals surface area contributed by atoms with Crippen LogP contribution in [0.1, 0.15) is 0 Å². The Morgan fingerprint density at radius 1 is 0.400 bits per heavy atom. The van der Waals surface area contributed by atoms with Gasteiger partial charge in [-0.2, -0.15) is 0 Å². The Morgan fingerprint density at radius 2 is 0.400 bits per heavy atom. The van der Waals surface area contributed by atoms with E-state index in [1.54, 1.807) is 0 Å². The van der Waals surface area contributed by atoms with E-state index in [2.05, 4.69) is 0 Å². The van der Waals surface area contributed by atoms with Crippen molar-refractivity contribution in [3.05, 3.63) is 0 Å². The third kappa shape index (κ3) is 37.7. The van der Waals surface area contributed by atoms with E-state index in [9.17, 15) is 0 Å². The van der Waals surface area contributed by atoms with Crippen molar-refractivity contribution in [3.63, 3.8) is 0 Å². The summed E-state index contributed by atoms with van der Waals surface area (Å²) in [6.07, 6.45) is 0. The monoisotopic (exact) mass is 440 g/mol. The van der Waals surface area contributed by atoms with Crippen molar-refractivity contribution in [1.29, 1.82) is 0 Å². The van der Waals surface area contributed by atoms with Gasteiger partial charge in [-0.1, -0.05) is 0 Å². The van der Waals surface area contributed by atoms with Crippen molar-refractivity contribution in [2.75, 3.05) is 0 Å². The average Bonchev–Trinajstić information content (AvgIpc) is 0. The molecular formula is H6Ir2O3. The van der Waals surface area contributed by atoms with Gasteiger partial charge in [0.05, 0.1) is 0 Å². The summed E-state index contributed by atoms with van der Waals surface area (Å²) in [7, 11) is 0. The number of hydrogen-bond donors (Lipinski definition) is 0. The second kappa shape index (κ2) is 65.1. The molecule has 0 saturated heterocycles. The first-order valence-corrected chi connectivity index (χ1v) is 0. The van der Waals surface area contributed by atoms with E-state index in [-0.39, 0.29) is 56.6 Å². The minimum absolute atomic E-state index is 0. The predicted octanol–water partition coefficient (Wildman–Crippen LogP) is -2.48. The third-order valence-corrected chi connectivity index (χ3v) is 0. The fraction of sp³-hybridized carbons (Fsp3) is 0. The molecule has 42 valence electrons. The standard InChI is InChI=1S/2Ir.3H2O/h;;3*1H2. The van der Waals surface area contributed by atoms with Crippen LogP contribution in [0.2, 0.25) is 0 Å². The SMILES string of the molecule is O.O.O.[Ir].[Ir]. The van der Waals surface area contributed by atoms with Gasteiger partial charge >= 0.3 is 0 Å². The Hall–Kier alpha value is 1.18. The van der Waals surface area contributed by atoms with Crippen LogP contribution in [0.15, 0.2) is 0 Å². The van der Waals surface area contributed by atoms with Crippen LogP contribution >= 0.6 is 0 Å². The molecule has 0 amide bonds. The van der Waals surface area contributed by atoms with Crippen LogP contribution in [0, 0.1) is 0 Å². The smallest absolute Gasteiger partial charge is 0 e. The van der Waals surface area contributed by atoms with Gasteiger partial charge in [-0.25, -0.2) is 0 Å². The van der Waals surface area contributed by atoms with Crippen LogP contribution < -0.4 is 0 Å². The van der Waals surface area contributed by atoms with Crippen LogP contribution in [0.3, 0.4) is 0 Å². The molecule has 3 nitrogen and oxygen atoms in total. The molecule has 0 aromatic heterocycles. The number of rotatable bonds is 0. The third-order valence-electron chi connectivity index (χ3n) is 0. The molecular weight excluding hydrogens is 432 g/mol. The van der Waals surface area contributed by atoms with Crippen molar-refractivity contribution in [3.8, 4) is 0 Å². The van der Waals surface area contributed by atoms with Crippen molar-refractivity contribution in [1.82, 2.24) is 0 Å². The summed E-state index contributed by atoms with van der Waals surface area (Å²) in [5.74, 6) is 0. The zero-order valence-corrected chi connectivity index (χ0v) is 6.96.